The van der Waals surface area contributed by atoms with Crippen LogP contribution in [0.25, 0.3) is 0 Å². The lowest BCUT2D eigenvalue weighted by atomic mass is 10.1. The molecule has 0 aliphatic heterocycles. The summed E-state index contributed by atoms with van der Waals surface area (Å²) in [7, 11) is 0. The molecule has 0 radical (unpaired) electrons. The maximum atomic E-state index is 12.6. The second-order valence-corrected chi connectivity index (χ2v) is 14.9. The molecule has 0 fully saturated rings. The lowest BCUT2D eigenvalue weighted by Gasteiger charge is -2.18. The largest absolute Gasteiger partial charge is 0.462 e. The molecule has 0 N–H and O–H groups in total. The standard InChI is InChI=1S/C49H86O5/c1-4-7-10-13-16-18-20-22-24-26-28-30-32-35-38-41-44-52-45-47(54-49(51)43-40-37-33-15-12-9-6-3)46-53-48(50)42-39-36-34-31-29-27-25-23-21-19-17-14-11-8-5-2/h7,10,16-19,22-25,47H,4-6,8-9,11-15,20-21,26-46H2,1-3H3/b10-7-,18-16-,19-17-,24-22-,25-23-. The van der Waals surface area contributed by atoms with Gasteiger partial charge in [-0.2, -0.15) is 0 Å². The van der Waals surface area contributed by atoms with Gasteiger partial charge >= 0.3 is 11.9 Å². The molecule has 0 spiro atoms. The van der Waals surface area contributed by atoms with E-state index in [1.807, 2.05) is 0 Å². The van der Waals surface area contributed by atoms with Crippen LogP contribution in [-0.4, -0.2) is 37.9 Å². The molecule has 0 amide bonds. The Balaban J connectivity index is 4.20. The zero-order valence-corrected chi connectivity index (χ0v) is 35.7. The molecule has 0 aromatic rings. The van der Waals surface area contributed by atoms with Crippen molar-refractivity contribution in [3.8, 4) is 0 Å². The highest BCUT2D eigenvalue weighted by Gasteiger charge is 2.17. The highest BCUT2D eigenvalue weighted by atomic mass is 16.6. The first-order chi connectivity index (χ1) is 26.6. The fourth-order valence-corrected chi connectivity index (χ4v) is 6.14. The van der Waals surface area contributed by atoms with Crippen LogP contribution in [0.1, 0.15) is 213 Å². The van der Waals surface area contributed by atoms with E-state index in [9.17, 15) is 9.59 Å². The second-order valence-electron chi connectivity index (χ2n) is 14.9. The molecule has 5 heteroatoms. The van der Waals surface area contributed by atoms with Crippen LogP contribution in [0.15, 0.2) is 60.8 Å². The Morgan fingerprint density at radius 1 is 0.426 bits per heavy atom. The first-order valence-electron chi connectivity index (χ1n) is 22.8. The fraction of sp³-hybridized carbons (Fsp3) is 0.755. The molecule has 0 aromatic heterocycles. The molecule has 0 bridgehead atoms. The number of rotatable bonds is 41. The summed E-state index contributed by atoms with van der Waals surface area (Å²) in [5.74, 6) is -0.426. The van der Waals surface area contributed by atoms with E-state index in [0.717, 1.165) is 89.9 Å². The van der Waals surface area contributed by atoms with Gasteiger partial charge in [0.05, 0.1) is 6.61 Å². The zero-order chi connectivity index (χ0) is 39.3. The number of hydrogen-bond acceptors (Lipinski definition) is 5. The van der Waals surface area contributed by atoms with Gasteiger partial charge in [0.25, 0.3) is 0 Å². The SMILES string of the molecule is CC/C=C\C/C=C\C/C=C\CCCCCCCCOCC(COC(=O)CCCCCCC/C=C\C/C=C\CCCCC)OC(=O)CCCCCCCCC. The summed E-state index contributed by atoms with van der Waals surface area (Å²) in [5, 5.41) is 0. The fourth-order valence-electron chi connectivity index (χ4n) is 6.14. The van der Waals surface area contributed by atoms with Crippen molar-refractivity contribution in [3.05, 3.63) is 60.8 Å². The number of esters is 2. The third kappa shape index (κ3) is 42.3. The van der Waals surface area contributed by atoms with Gasteiger partial charge in [-0.1, -0.05) is 178 Å². The van der Waals surface area contributed by atoms with Gasteiger partial charge < -0.3 is 14.2 Å². The number of carbonyl (C=O) groups is 2. The Morgan fingerprint density at radius 2 is 0.833 bits per heavy atom. The van der Waals surface area contributed by atoms with Crippen LogP contribution >= 0.6 is 0 Å². The molecule has 0 aliphatic rings. The maximum Gasteiger partial charge on any atom is 0.306 e. The molecule has 312 valence electrons. The van der Waals surface area contributed by atoms with Gasteiger partial charge in [-0.15, -0.1) is 0 Å². The van der Waals surface area contributed by atoms with Crippen LogP contribution in [0.5, 0.6) is 0 Å². The third-order valence-electron chi connectivity index (χ3n) is 9.54. The molecule has 0 saturated carbocycles. The van der Waals surface area contributed by atoms with Crippen molar-refractivity contribution in [2.45, 2.75) is 219 Å². The second kappa shape index (κ2) is 45.0. The lowest BCUT2D eigenvalue weighted by Crippen LogP contribution is -2.30. The molecular weight excluding hydrogens is 669 g/mol. The first kappa shape index (κ1) is 51.6. The van der Waals surface area contributed by atoms with Crippen molar-refractivity contribution in [1.29, 1.82) is 0 Å². The van der Waals surface area contributed by atoms with Gasteiger partial charge in [0.15, 0.2) is 6.10 Å². The van der Waals surface area contributed by atoms with Gasteiger partial charge in [0, 0.05) is 19.4 Å². The van der Waals surface area contributed by atoms with E-state index in [4.69, 9.17) is 14.2 Å². The number of allylic oxidation sites excluding steroid dienone is 10. The van der Waals surface area contributed by atoms with Crippen LogP contribution in [-0.2, 0) is 23.8 Å². The quantitative estimate of drug-likeness (QED) is 0.0353. The van der Waals surface area contributed by atoms with Crippen LogP contribution in [0.4, 0.5) is 0 Å². The Hall–Kier alpha value is -2.40. The number of hydrogen-bond donors (Lipinski definition) is 0. The van der Waals surface area contributed by atoms with Gasteiger partial charge in [-0.05, 0) is 83.5 Å². The molecule has 0 rings (SSSR count). The molecule has 0 aromatic carbocycles. The zero-order valence-electron chi connectivity index (χ0n) is 35.7. The molecule has 0 heterocycles. The third-order valence-corrected chi connectivity index (χ3v) is 9.54. The van der Waals surface area contributed by atoms with E-state index in [1.54, 1.807) is 0 Å². The number of carbonyl (C=O) groups excluding carboxylic acids is 2. The summed E-state index contributed by atoms with van der Waals surface area (Å²) in [6.07, 6.45) is 55.1. The van der Waals surface area contributed by atoms with Crippen molar-refractivity contribution >= 4 is 11.9 Å². The van der Waals surface area contributed by atoms with Crippen molar-refractivity contribution in [3.63, 3.8) is 0 Å². The molecule has 0 aliphatic carbocycles. The average molecular weight is 755 g/mol. The first-order valence-corrected chi connectivity index (χ1v) is 22.8. The van der Waals surface area contributed by atoms with Crippen LogP contribution in [0.3, 0.4) is 0 Å². The molecular formula is C49H86O5. The topological polar surface area (TPSA) is 61.8 Å². The van der Waals surface area contributed by atoms with E-state index < -0.39 is 6.10 Å². The van der Waals surface area contributed by atoms with E-state index in [2.05, 4.69) is 81.5 Å². The predicted molar refractivity (Wildman–Crippen MR) is 233 cm³/mol. The Labute approximate surface area is 334 Å². The van der Waals surface area contributed by atoms with Crippen LogP contribution in [0, 0.1) is 0 Å². The predicted octanol–water partition coefficient (Wildman–Crippen LogP) is 15.0. The van der Waals surface area contributed by atoms with Gasteiger partial charge in [0.1, 0.15) is 6.61 Å². The van der Waals surface area contributed by atoms with Gasteiger partial charge in [-0.25, -0.2) is 0 Å². The van der Waals surface area contributed by atoms with E-state index in [0.29, 0.717) is 19.4 Å². The summed E-state index contributed by atoms with van der Waals surface area (Å²) < 4.78 is 17.2. The van der Waals surface area contributed by atoms with Crippen LogP contribution < -0.4 is 0 Å². The van der Waals surface area contributed by atoms with Crippen molar-refractivity contribution < 1.29 is 23.8 Å². The Bertz CT molecular complexity index is 946. The van der Waals surface area contributed by atoms with E-state index >= 15 is 0 Å². The molecule has 0 saturated heterocycles. The number of unbranched alkanes of at least 4 members (excludes halogenated alkanes) is 20. The Kier molecular flexibility index (Phi) is 43.0. The van der Waals surface area contributed by atoms with E-state index in [-0.39, 0.29) is 25.2 Å². The maximum absolute atomic E-state index is 12.6. The lowest BCUT2D eigenvalue weighted by molar-refractivity contribution is -0.163. The molecule has 1 atom stereocenters. The Morgan fingerprint density at radius 3 is 1.37 bits per heavy atom. The minimum absolute atomic E-state index is 0.0723. The number of ether oxygens (including phenoxy) is 3. The highest BCUT2D eigenvalue weighted by Crippen LogP contribution is 2.13. The van der Waals surface area contributed by atoms with Crippen LogP contribution in [0.2, 0.25) is 0 Å². The average Bonchev–Trinajstić information content (AvgIpc) is 3.17. The van der Waals surface area contributed by atoms with Crippen molar-refractivity contribution in [1.82, 2.24) is 0 Å². The van der Waals surface area contributed by atoms with E-state index in [1.165, 1.54) is 89.9 Å². The van der Waals surface area contributed by atoms with Gasteiger partial charge in [-0.3, -0.25) is 9.59 Å². The summed E-state index contributed by atoms with van der Waals surface area (Å²) in [4.78, 5) is 25.1. The molecule has 5 nitrogen and oxygen atoms in total. The minimum atomic E-state index is -0.544. The molecule has 1 unspecified atom stereocenters. The monoisotopic (exact) mass is 755 g/mol. The normalized spacial score (nSPS) is 12.7. The van der Waals surface area contributed by atoms with Crippen molar-refractivity contribution in [2.75, 3.05) is 19.8 Å². The smallest absolute Gasteiger partial charge is 0.306 e. The summed E-state index contributed by atoms with van der Waals surface area (Å²) >= 11 is 0. The highest BCUT2D eigenvalue weighted by molar-refractivity contribution is 5.70. The summed E-state index contributed by atoms with van der Waals surface area (Å²) in [6, 6.07) is 0. The molecule has 54 heavy (non-hydrogen) atoms. The van der Waals surface area contributed by atoms with Gasteiger partial charge in [0.2, 0.25) is 0 Å². The summed E-state index contributed by atoms with van der Waals surface area (Å²) in [6.45, 7) is 7.61. The summed E-state index contributed by atoms with van der Waals surface area (Å²) in [5.41, 5.74) is 0. The minimum Gasteiger partial charge on any atom is -0.462 e. The van der Waals surface area contributed by atoms with Crippen molar-refractivity contribution in [2.24, 2.45) is 0 Å².